The van der Waals surface area contributed by atoms with Crippen molar-refractivity contribution < 1.29 is 9.53 Å². The Kier molecular flexibility index (Phi) is 6.35. The number of hydrogen-bond donors (Lipinski definition) is 2. The maximum Gasteiger partial charge on any atom is 0.235 e. The van der Waals surface area contributed by atoms with Gasteiger partial charge in [-0.2, -0.15) is 5.26 Å². The van der Waals surface area contributed by atoms with Crippen molar-refractivity contribution in [2.24, 2.45) is 0 Å². The average Bonchev–Trinajstić information content (AvgIpc) is 3.36. The quantitative estimate of drug-likeness (QED) is 0.540. The lowest BCUT2D eigenvalue weighted by molar-refractivity contribution is -0.113. The van der Waals surface area contributed by atoms with Crippen molar-refractivity contribution in [3.8, 4) is 11.8 Å². The molecule has 1 aliphatic rings. The number of thiophene rings is 1. The van der Waals surface area contributed by atoms with Crippen LogP contribution in [0.25, 0.3) is 0 Å². The molecule has 0 saturated heterocycles. The minimum atomic E-state index is -0.156. The number of nitrogens with one attached hydrogen (secondary N) is 2. The summed E-state index contributed by atoms with van der Waals surface area (Å²) in [6.45, 7) is 0. The molecule has 7 nitrogen and oxygen atoms in total. The maximum absolute atomic E-state index is 12.4. The molecular weight excluding hydrogens is 418 g/mol. The highest BCUT2D eigenvalue weighted by Crippen LogP contribution is 2.37. The van der Waals surface area contributed by atoms with E-state index in [-0.39, 0.29) is 11.7 Å². The lowest BCUT2D eigenvalue weighted by Gasteiger charge is -2.09. The molecule has 1 amide bonds. The Hall–Kier alpha value is -2.83. The molecule has 0 radical (unpaired) electrons. The highest BCUT2D eigenvalue weighted by atomic mass is 32.2. The SMILES string of the molecule is COc1ccc(Cc2nc(SCC(=O)Nc3sc4c(c3C#N)CCCC4)n[nH]2)cc1. The summed E-state index contributed by atoms with van der Waals surface area (Å²) in [5.74, 6) is 1.58. The van der Waals surface area contributed by atoms with Crippen LogP contribution in [0.2, 0.25) is 0 Å². The van der Waals surface area contributed by atoms with Gasteiger partial charge in [0.1, 0.15) is 22.6 Å². The van der Waals surface area contributed by atoms with E-state index in [0.29, 0.717) is 22.1 Å². The summed E-state index contributed by atoms with van der Waals surface area (Å²) in [7, 11) is 1.64. The normalized spacial score (nSPS) is 12.8. The molecule has 4 rings (SSSR count). The van der Waals surface area contributed by atoms with Gasteiger partial charge < -0.3 is 10.1 Å². The molecule has 9 heteroatoms. The Bertz CT molecular complexity index is 1080. The molecular formula is C21H21N5O2S2. The number of rotatable bonds is 7. The second kappa shape index (κ2) is 9.32. The van der Waals surface area contributed by atoms with Crippen molar-refractivity contribution in [3.05, 3.63) is 51.7 Å². The van der Waals surface area contributed by atoms with Crippen LogP contribution in [0.4, 0.5) is 5.00 Å². The minimum Gasteiger partial charge on any atom is -0.497 e. The van der Waals surface area contributed by atoms with Gasteiger partial charge in [0, 0.05) is 11.3 Å². The van der Waals surface area contributed by atoms with E-state index in [1.54, 1.807) is 7.11 Å². The van der Waals surface area contributed by atoms with E-state index in [0.717, 1.165) is 48.4 Å². The minimum absolute atomic E-state index is 0.156. The zero-order chi connectivity index (χ0) is 20.9. The zero-order valence-corrected chi connectivity index (χ0v) is 18.2. The van der Waals surface area contributed by atoms with E-state index < -0.39 is 0 Å². The van der Waals surface area contributed by atoms with Crippen LogP contribution in [-0.2, 0) is 24.1 Å². The Morgan fingerprint density at radius 2 is 2.13 bits per heavy atom. The second-order valence-corrected chi connectivity index (χ2v) is 9.00. The second-order valence-electron chi connectivity index (χ2n) is 6.95. The molecule has 1 aliphatic carbocycles. The molecule has 2 N–H and O–H groups in total. The smallest absolute Gasteiger partial charge is 0.235 e. The van der Waals surface area contributed by atoms with Gasteiger partial charge in [-0.25, -0.2) is 4.98 Å². The summed E-state index contributed by atoms with van der Waals surface area (Å²) in [4.78, 5) is 18.1. The highest BCUT2D eigenvalue weighted by molar-refractivity contribution is 7.99. The van der Waals surface area contributed by atoms with Crippen LogP contribution >= 0.6 is 23.1 Å². The van der Waals surface area contributed by atoms with Gasteiger partial charge in [-0.15, -0.1) is 16.4 Å². The van der Waals surface area contributed by atoms with Crippen molar-refractivity contribution in [2.75, 3.05) is 18.2 Å². The number of thioether (sulfide) groups is 1. The number of hydrogen-bond acceptors (Lipinski definition) is 7. The number of H-pyrrole nitrogens is 1. The van der Waals surface area contributed by atoms with Crippen molar-refractivity contribution in [3.63, 3.8) is 0 Å². The van der Waals surface area contributed by atoms with E-state index in [2.05, 4.69) is 26.6 Å². The van der Waals surface area contributed by atoms with E-state index in [4.69, 9.17) is 4.74 Å². The number of carbonyl (C=O) groups is 1. The van der Waals surface area contributed by atoms with Gasteiger partial charge in [-0.1, -0.05) is 23.9 Å². The molecule has 30 heavy (non-hydrogen) atoms. The molecule has 3 aromatic rings. The number of aromatic amines is 1. The molecule has 0 bridgehead atoms. The van der Waals surface area contributed by atoms with Crippen LogP contribution in [-0.4, -0.2) is 34.0 Å². The topological polar surface area (TPSA) is 104 Å². The van der Waals surface area contributed by atoms with Gasteiger partial charge in [-0.3, -0.25) is 9.89 Å². The predicted molar refractivity (Wildman–Crippen MR) is 117 cm³/mol. The number of aromatic nitrogens is 3. The van der Waals surface area contributed by atoms with Crippen LogP contribution in [0.5, 0.6) is 5.75 Å². The number of amides is 1. The summed E-state index contributed by atoms with van der Waals surface area (Å²) in [6.07, 6.45) is 4.79. The van der Waals surface area contributed by atoms with Crippen molar-refractivity contribution >= 4 is 34.0 Å². The molecule has 0 saturated carbocycles. The van der Waals surface area contributed by atoms with Crippen molar-refractivity contribution in [1.82, 2.24) is 15.2 Å². The van der Waals surface area contributed by atoms with E-state index >= 15 is 0 Å². The monoisotopic (exact) mass is 439 g/mol. The Balaban J connectivity index is 1.32. The summed E-state index contributed by atoms with van der Waals surface area (Å²) >= 11 is 2.80. The maximum atomic E-state index is 12.4. The number of anilines is 1. The number of methoxy groups -OCH3 is 1. The third kappa shape index (κ3) is 4.66. The standard InChI is InChI=1S/C21H21N5O2S2/c1-28-14-8-6-13(7-9-14)10-18-23-21(26-25-18)29-12-19(27)24-20-16(11-22)15-4-2-3-5-17(15)30-20/h6-9H,2-5,10,12H2,1H3,(H,24,27)(H,23,25,26). The first-order valence-corrected chi connectivity index (χ1v) is 11.5. The Morgan fingerprint density at radius 3 is 2.90 bits per heavy atom. The molecule has 2 aromatic heterocycles. The van der Waals surface area contributed by atoms with E-state index in [1.807, 2.05) is 24.3 Å². The molecule has 2 heterocycles. The zero-order valence-electron chi connectivity index (χ0n) is 16.5. The van der Waals surface area contributed by atoms with Crippen molar-refractivity contribution in [1.29, 1.82) is 5.26 Å². The Morgan fingerprint density at radius 1 is 1.33 bits per heavy atom. The molecule has 154 valence electrons. The fourth-order valence-electron chi connectivity index (χ4n) is 3.42. The van der Waals surface area contributed by atoms with Gasteiger partial charge in [0.25, 0.3) is 0 Å². The molecule has 0 fully saturated rings. The number of ether oxygens (including phenoxy) is 1. The summed E-state index contributed by atoms with van der Waals surface area (Å²) < 4.78 is 5.16. The fraction of sp³-hybridized carbons (Fsp3) is 0.333. The van der Waals surface area contributed by atoms with E-state index in [9.17, 15) is 10.1 Å². The largest absolute Gasteiger partial charge is 0.497 e. The van der Waals surface area contributed by atoms with Gasteiger partial charge >= 0.3 is 0 Å². The first-order chi connectivity index (χ1) is 14.7. The summed E-state index contributed by atoms with van der Waals surface area (Å²) in [5.41, 5.74) is 2.84. The predicted octanol–water partition coefficient (Wildman–Crippen LogP) is 3.95. The highest BCUT2D eigenvalue weighted by Gasteiger charge is 2.22. The van der Waals surface area contributed by atoms with Gasteiger partial charge in [0.15, 0.2) is 0 Å². The average molecular weight is 440 g/mol. The van der Waals surface area contributed by atoms with Crippen LogP contribution in [0.1, 0.15) is 40.2 Å². The number of fused-ring (bicyclic) bond motifs is 1. The molecule has 1 aromatic carbocycles. The van der Waals surface area contributed by atoms with E-state index in [1.165, 1.54) is 28.0 Å². The van der Waals surface area contributed by atoms with Gasteiger partial charge in [-0.05, 0) is 48.9 Å². The summed E-state index contributed by atoms with van der Waals surface area (Å²) in [5, 5.41) is 20.7. The number of benzene rings is 1. The summed E-state index contributed by atoms with van der Waals surface area (Å²) in [6, 6.07) is 10.0. The number of aryl methyl sites for hydroxylation is 1. The van der Waals surface area contributed by atoms with Crippen LogP contribution < -0.4 is 10.1 Å². The Labute approximate surface area is 182 Å². The molecule has 0 atom stereocenters. The van der Waals surface area contributed by atoms with Crippen LogP contribution in [0, 0.1) is 11.3 Å². The molecule has 0 spiro atoms. The lowest BCUT2D eigenvalue weighted by Crippen LogP contribution is -2.14. The third-order valence-electron chi connectivity index (χ3n) is 4.91. The number of nitrogens with zero attached hydrogens (tertiary/aromatic N) is 3. The fourth-order valence-corrected chi connectivity index (χ4v) is 5.30. The third-order valence-corrected chi connectivity index (χ3v) is 6.96. The lowest BCUT2D eigenvalue weighted by atomic mass is 9.96. The first kappa shape index (κ1) is 20.4. The number of carbonyl (C=O) groups excluding carboxylic acids is 1. The van der Waals surface area contributed by atoms with Gasteiger partial charge in [0.05, 0.1) is 18.4 Å². The molecule has 0 aliphatic heterocycles. The van der Waals surface area contributed by atoms with Crippen LogP contribution in [0.3, 0.4) is 0 Å². The first-order valence-electron chi connectivity index (χ1n) is 9.67. The molecule has 0 unspecified atom stereocenters. The van der Waals surface area contributed by atoms with Crippen molar-refractivity contribution in [2.45, 2.75) is 37.3 Å². The van der Waals surface area contributed by atoms with Crippen LogP contribution in [0.15, 0.2) is 29.4 Å². The van der Waals surface area contributed by atoms with Gasteiger partial charge in [0.2, 0.25) is 11.1 Å². The number of nitriles is 1.